The van der Waals surface area contributed by atoms with E-state index in [0.717, 1.165) is 51.8 Å². The smallest absolute Gasteiger partial charge is 0.191 e. The molecule has 1 fully saturated rings. The Labute approximate surface area is 165 Å². The second kappa shape index (κ2) is 11.3. The van der Waals surface area contributed by atoms with Crippen molar-refractivity contribution in [1.82, 2.24) is 20.4 Å². The standard InChI is InChI=1S/C21H37N5O/c1-17(2)14-26-10-11-27-20(16-26)13-24-21(22-3)23-12-18-8-6-7-9-19(18)15-25(4)5/h6-9,17,20H,10-16H2,1-5H3,(H2,22,23,24). The Bertz CT molecular complexity index is 588. The van der Waals surface area contributed by atoms with Gasteiger partial charge < -0.3 is 20.3 Å². The predicted molar refractivity (Wildman–Crippen MR) is 113 cm³/mol. The first kappa shape index (κ1) is 21.7. The normalized spacial score (nSPS) is 18.9. The lowest BCUT2D eigenvalue weighted by atomic mass is 10.1. The highest BCUT2D eigenvalue weighted by molar-refractivity contribution is 5.79. The summed E-state index contributed by atoms with van der Waals surface area (Å²) in [7, 11) is 6.00. The Morgan fingerprint density at radius 1 is 1.26 bits per heavy atom. The van der Waals surface area contributed by atoms with Gasteiger partial charge in [-0.1, -0.05) is 38.1 Å². The first-order chi connectivity index (χ1) is 13.0. The van der Waals surface area contributed by atoms with Crippen LogP contribution in [0.2, 0.25) is 0 Å². The number of guanidine groups is 1. The van der Waals surface area contributed by atoms with Crippen LogP contribution in [0.25, 0.3) is 0 Å². The highest BCUT2D eigenvalue weighted by Gasteiger charge is 2.21. The molecule has 0 aromatic heterocycles. The minimum Gasteiger partial charge on any atom is -0.374 e. The second-order valence-corrected chi connectivity index (χ2v) is 7.96. The van der Waals surface area contributed by atoms with Gasteiger partial charge in [-0.15, -0.1) is 0 Å². The number of hydrogen-bond donors (Lipinski definition) is 2. The molecule has 0 bridgehead atoms. The minimum atomic E-state index is 0.206. The zero-order valence-electron chi connectivity index (χ0n) is 17.7. The van der Waals surface area contributed by atoms with Crippen LogP contribution in [0.3, 0.4) is 0 Å². The molecule has 1 aromatic rings. The molecule has 6 nitrogen and oxygen atoms in total. The van der Waals surface area contributed by atoms with Crippen molar-refractivity contribution in [3.8, 4) is 0 Å². The van der Waals surface area contributed by atoms with Gasteiger partial charge in [0.05, 0.1) is 12.7 Å². The maximum Gasteiger partial charge on any atom is 0.191 e. The molecule has 1 aromatic carbocycles. The number of rotatable bonds is 8. The van der Waals surface area contributed by atoms with Gasteiger partial charge in [-0.05, 0) is 31.1 Å². The van der Waals surface area contributed by atoms with Crippen LogP contribution in [0.5, 0.6) is 0 Å². The first-order valence-electron chi connectivity index (χ1n) is 9.98. The van der Waals surface area contributed by atoms with E-state index in [0.29, 0.717) is 5.92 Å². The third-order valence-electron chi connectivity index (χ3n) is 4.62. The van der Waals surface area contributed by atoms with Crippen molar-refractivity contribution < 1.29 is 4.74 Å². The molecular weight excluding hydrogens is 338 g/mol. The number of aliphatic imine (C=N–C) groups is 1. The highest BCUT2D eigenvalue weighted by Crippen LogP contribution is 2.10. The SMILES string of the molecule is CN=C(NCc1ccccc1CN(C)C)NCC1CN(CC(C)C)CCO1. The molecule has 0 radical (unpaired) electrons. The number of hydrogen-bond acceptors (Lipinski definition) is 4. The lowest BCUT2D eigenvalue weighted by molar-refractivity contribution is -0.0284. The van der Waals surface area contributed by atoms with E-state index in [1.807, 2.05) is 7.05 Å². The summed E-state index contributed by atoms with van der Waals surface area (Å²) in [6, 6.07) is 8.55. The fraction of sp³-hybridized carbons (Fsp3) is 0.667. The maximum absolute atomic E-state index is 5.92. The summed E-state index contributed by atoms with van der Waals surface area (Å²) in [4.78, 5) is 9.04. The second-order valence-electron chi connectivity index (χ2n) is 7.96. The fourth-order valence-electron chi connectivity index (χ4n) is 3.42. The number of ether oxygens (including phenoxy) is 1. The summed E-state index contributed by atoms with van der Waals surface area (Å²) < 4.78 is 5.92. The van der Waals surface area contributed by atoms with Crippen LogP contribution < -0.4 is 10.6 Å². The molecule has 1 aliphatic heterocycles. The number of nitrogens with one attached hydrogen (secondary N) is 2. The summed E-state index contributed by atoms with van der Waals surface area (Å²) in [5.74, 6) is 1.51. The summed E-state index contributed by atoms with van der Waals surface area (Å²) in [5, 5.41) is 6.85. The number of nitrogens with zero attached hydrogens (tertiary/aromatic N) is 3. The predicted octanol–water partition coefficient (Wildman–Crippen LogP) is 1.77. The van der Waals surface area contributed by atoms with Crippen LogP contribution in [0.15, 0.2) is 29.3 Å². The lowest BCUT2D eigenvalue weighted by Gasteiger charge is -2.34. The average Bonchev–Trinajstić information content (AvgIpc) is 2.62. The lowest BCUT2D eigenvalue weighted by Crippen LogP contribution is -2.50. The zero-order valence-corrected chi connectivity index (χ0v) is 17.7. The Balaban J connectivity index is 1.81. The van der Waals surface area contributed by atoms with Gasteiger partial charge in [0.2, 0.25) is 0 Å². The Hall–Kier alpha value is -1.63. The molecule has 1 aliphatic rings. The van der Waals surface area contributed by atoms with Gasteiger partial charge in [0, 0.05) is 46.3 Å². The molecule has 0 amide bonds. The summed E-state index contributed by atoms with van der Waals surface area (Å²) in [6.45, 7) is 11.0. The molecule has 0 aliphatic carbocycles. The molecule has 6 heteroatoms. The molecule has 27 heavy (non-hydrogen) atoms. The third kappa shape index (κ3) is 7.87. The summed E-state index contributed by atoms with van der Waals surface area (Å²) in [5.41, 5.74) is 2.64. The number of morpholine rings is 1. The van der Waals surface area contributed by atoms with E-state index >= 15 is 0 Å². The van der Waals surface area contributed by atoms with Gasteiger partial charge >= 0.3 is 0 Å². The zero-order chi connectivity index (χ0) is 19.6. The van der Waals surface area contributed by atoms with Gasteiger partial charge in [0.15, 0.2) is 5.96 Å². The van der Waals surface area contributed by atoms with Gasteiger partial charge in [-0.2, -0.15) is 0 Å². The van der Waals surface area contributed by atoms with Crippen molar-refractivity contribution in [2.24, 2.45) is 10.9 Å². The van der Waals surface area contributed by atoms with E-state index in [1.165, 1.54) is 11.1 Å². The van der Waals surface area contributed by atoms with Crippen LogP contribution in [-0.2, 0) is 17.8 Å². The fourth-order valence-corrected chi connectivity index (χ4v) is 3.42. The van der Waals surface area contributed by atoms with Gasteiger partial charge in [0.25, 0.3) is 0 Å². The topological polar surface area (TPSA) is 52.1 Å². The van der Waals surface area contributed by atoms with Crippen molar-refractivity contribution in [3.05, 3.63) is 35.4 Å². The van der Waals surface area contributed by atoms with E-state index in [2.05, 4.69) is 77.6 Å². The highest BCUT2D eigenvalue weighted by atomic mass is 16.5. The van der Waals surface area contributed by atoms with Gasteiger partial charge in [0.1, 0.15) is 0 Å². The molecular formula is C21H37N5O. The molecule has 2 rings (SSSR count). The van der Waals surface area contributed by atoms with Gasteiger partial charge in [-0.3, -0.25) is 9.89 Å². The molecule has 0 spiro atoms. The molecule has 1 saturated heterocycles. The number of benzene rings is 1. The van der Waals surface area contributed by atoms with Crippen molar-refractivity contribution in [2.75, 3.05) is 53.9 Å². The van der Waals surface area contributed by atoms with Crippen LogP contribution in [0.4, 0.5) is 0 Å². The molecule has 152 valence electrons. The summed E-state index contributed by atoms with van der Waals surface area (Å²) >= 11 is 0. The molecule has 0 saturated carbocycles. The van der Waals surface area contributed by atoms with Crippen molar-refractivity contribution in [1.29, 1.82) is 0 Å². The summed E-state index contributed by atoms with van der Waals surface area (Å²) in [6.07, 6.45) is 0.206. The van der Waals surface area contributed by atoms with Crippen molar-refractivity contribution in [2.45, 2.75) is 33.0 Å². The van der Waals surface area contributed by atoms with Crippen molar-refractivity contribution >= 4 is 5.96 Å². The van der Waals surface area contributed by atoms with Crippen LogP contribution in [0.1, 0.15) is 25.0 Å². The Morgan fingerprint density at radius 2 is 2.00 bits per heavy atom. The van der Waals surface area contributed by atoms with E-state index < -0.39 is 0 Å². The van der Waals surface area contributed by atoms with E-state index in [9.17, 15) is 0 Å². The molecule has 1 unspecified atom stereocenters. The minimum absolute atomic E-state index is 0.206. The van der Waals surface area contributed by atoms with E-state index in [-0.39, 0.29) is 6.10 Å². The maximum atomic E-state index is 5.92. The van der Waals surface area contributed by atoms with Crippen molar-refractivity contribution in [3.63, 3.8) is 0 Å². The molecule has 1 heterocycles. The van der Waals surface area contributed by atoms with E-state index in [4.69, 9.17) is 4.74 Å². The van der Waals surface area contributed by atoms with Crippen LogP contribution in [0, 0.1) is 5.92 Å². The van der Waals surface area contributed by atoms with Crippen LogP contribution >= 0.6 is 0 Å². The largest absolute Gasteiger partial charge is 0.374 e. The third-order valence-corrected chi connectivity index (χ3v) is 4.62. The monoisotopic (exact) mass is 375 g/mol. The average molecular weight is 376 g/mol. The molecule has 2 N–H and O–H groups in total. The molecule has 1 atom stereocenters. The van der Waals surface area contributed by atoms with Crippen LogP contribution in [-0.4, -0.2) is 75.8 Å². The Morgan fingerprint density at radius 3 is 2.67 bits per heavy atom. The van der Waals surface area contributed by atoms with E-state index in [1.54, 1.807) is 0 Å². The Kier molecular flexibility index (Phi) is 9.04. The quantitative estimate of drug-likeness (QED) is 0.536. The first-order valence-corrected chi connectivity index (χ1v) is 9.98. The van der Waals surface area contributed by atoms with Gasteiger partial charge in [-0.25, -0.2) is 0 Å².